The van der Waals surface area contributed by atoms with Crippen LogP contribution in [0.1, 0.15) is 328 Å². The maximum absolute atomic E-state index is 12.7. The van der Waals surface area contributed by atoms with Crippen LogP contribution in [0.4, 0.5) is 0 Å². The number of hydrogen-bond acceptors (Lipinski definition) is 8. The van der Waals surface area contributed by atoms with Crippen LogP contribution in [0, 0.1) is 0 Å². The van der Waals surface area contributed by atoms with Gasteiger partial charge in [-0.2, -0.15) is 0 Å². The Kier molecular flexibility index (Phi) is 53.1. The van der Waals surface area contributed by atoms with Gasteiger partial charge in [0.2, 0.25) is 0 Å². The van der Waals surface area contributed by atoms with E-state index in [0.29, 0.717) is 17.4 Å². The molecule has 0 aromatic rings. The molecular formula is C61H122NO8P. The van der Waals surface area contributed by atoms with Crippen LogP contribution in [-0.2, 0) is 32.7 Å². The van der Waals surface area contributed by atoms with Crippen LogP contribution in [0.5, 0.6) is 0 Å². The van der Waals surface area contributed by atoms with Crippen LogP contribution < -0.4 is 4.89 Å². The third-order valence-electron chi connectivity index (χ3n) is 14.4. The fraction of sp³-hybridized carbons (Fsp3) is 0.967. The highest BCUT2D eigenvalue weighted by Gasteiger charge is 2.22. The summed E-state index contributed by atoms with van der Waals surface area (Å²) in [5.74, 6) is -0.817. The molecule has 0 rings (SSSR count). The van der Waals surface area contributed by atoms with Gasteiger partial charge in [0.1, 0.15) is 19.8 Å². The van der Waals surface area contributed by atoms with Crippen molar-refractivity contribution in [3.63, 3.8) is 0 Å². The van der Waals surface area contributed by atoms with Crippen molar-refractivity contribution < 1.29 is 42.1 Å². The predicted molar refractivity (Wildman–Crippen MR) is 301 cm³/mol. The summed E-state index contributed by atoms with van der Waals surface area (Å²) in [6.07, 6.45) is 62.2. The number of rotatable bonds is 59. The van der Waals surface area contributed by atoms with Crippen molar-refractivity contribution in [2.75, 3.05) is 47.5 Å². The molecule has 0 bridgehead atoms. The highest BCUT2D eigenvalue weighted by molar-refractivity contribution is 7.45. The highest BCUT2D eigenvalue weighted by Crippen LogP contribution is 2.38. The molecule has 0 aromatic carbocycles. The number of quaternary nitrogens is 1. The van der Waals surface area contributed by atoms with E-state index < -0.39 is 26.5 Å². The zero-order valence-electron chi connectivity index (χ0n) is 48.2. The van der Waals surface area contributed by atoms with Gasteiger partial charge in [0, 0.05) is 12.8 Å². The van der Waals surface area contributed by atoms with E-state index in [0.717, 1.165) is 32.1 Å². The summed E-state index contributed by atoms with van der Waals surface area (Å²) in [5, 5.41) is 0. The van der Waals surface area contributed by atoms with E-state index in [1.807, 2.05) is 21.1 Å². The topological polar surface area (TPSA) is 111 Å². The molecule has 0 N–H and O–H groups in total. The summed E-state index contributed by atoms with van der Waals surface area (Å²) in [4.78, 5) is 37.6. The molecule has 0 saturated heterocycles. The Morgan fingerprint density at radius 2 is 0.634 bits per heavy atom. The molecule has 0 heterocycles. The third kappa shape index (κ3) is 58.1. The monoisotopic (exact) mass is 1030 g/mol. The number of likely N-dealkylation sites (N-methyl/N-ethyl adjacent to an activating group) is 1. The normalized spacial score (nSPS) is 13.2. The largest absolute Gasteiger partial charge is 0.756 e. The average molecular weight is 1030 g/mol. The second-order valence-electron chi connectivity index (χ2n) is 22.8. The number of carbonyl (C=O) groups excluding carboxylic acids is 2. The first-order valence-electron chi connectivity index (χ1n) is 31.2. The van der Waals surface area contributed by atoms with Gasteiger partial charge >= 0.3 is 11.9 Å². The number of phosphoric ester groups is 1. The number of ether oxygens (including phenoxy) is 2. The summed E-state index contributed by atoms with van der Waals surface area (Å²) in [7, 11) is 1.19. The lowest BCUT2D eigenvalue weighted by atomic mass is 10.0. The number of carbonyl (C=O) groups is 2. The number of hydrogen-bond donors (Lipinski definition) is 0. The van der Waals surface area contributed by atoms with Crippen molar-refractivity contribution in [1.29, 1.82) is 0 Å². The number of unbranched alkanes of at least 4 members (excludes halogenated alkanes) is 45. The lowest BCUT2D eigenvalue weighted by Gasteiger charge is -2.28. The molecule has 0 amide bonds. The first kappa shape index (κ1) is 70.0. The highest BCUT2D eigenvalue weighted by atomic mass is 31.2. The van der Waals surface area contributed by atoms with Gasteiger partial charge < -0.3 is 27.9 Å². The van der Waals surface area contributed by atoms with Crippen LogP contribution in [0.3, 0.4) is 0 Å². The Balaban J connectivity index is 3.77. The molecule has 2 unspecified atom stereocenters. The lowest BCUT2D eigenvalue weighted by molar-refractivity contribution is -0.870. The van der Waals surface area contributed by atoms with Crippen molar-refractivity contribution in [3.05, 3.63) is 0 Å². The van der Waals surface area contributed by atoms with Crippen LogP contribution in [0.25, 0.3) is 0 Å². The first-order chi connectivity index (χ1) is 34.5. The molecule has 0 fully saturated rings. The third-order valence-corrected chi connectivity index (χ3v) is 15.3. The minimum atomic E-state index is -4.62. The summed E-state index contributed by atoms with van der Waals surface area (Å²) in [6.45, 7) is 4.27. The standard InChI is InChI=1S/C61H122NO8P/c1-6-8-10-12-14-16-17-18-19-20-21-22-23-24-25-26-27-28-29-30-31-32-33-34-35-36-37-38-39-40-41-42-43-44-46-48-50-52-54-61(64)70-59(58-69-71(65,66)68-56-55-62(3,4)5)57-67-60(63)53-51-49-47-45-15-13-11-9-7-2/h59H,6-58H2,1-5H3. The first-order valence-corrected chi connectivity index (χ1v) is 32.7. The van der Waals surface area contributed by atoms with Gasteiger partial charge in [-0.05, 0) is 12.8 Å². The molecule has 9 nitrogen and oxygen atoms in total. The van der Waals surface area contributed by atoms with E-state index >= 15 is 0 Å². The minimum Gasteiger partial charge on any atom is -0.756 e. The lowest BCUT2D eigenvalue weighted by Crippen LogP contribution is -2.37. The van der Waals surface area contributed by atoms with E-state index in [2.05, 4.69) is 13.8 Å². The predicted octanol–water partition coefficient (Wildman–Crippen LogP) is 18.8. The van der Waals surface area contributed by atoms with E-state index in [9.17, 15) is 19.0 Å². The van der Waals surface area contributed by atoms with Crippen LogP contribution >= 0.6 is 7.82 Å². The van der Waals surface area contributed by atoms with Gasteiger partial charge in [0.15, 0.2) is 6.10 Å². The minimum absolute atomic E-state index is 0.0256. The van der Waals surface area contributed by atoms with Gasteiger partial charge in [-0.3, -0.25) is 14.2 Å². The Hall–Kier alpha value is -0.990. The summed E-state index contributed by atoms with van der Waals surface area (Å²) < 4.78 is 34.0. The van der Waals surface area contributed by atoms with Crippen molar-refractivity contribution >= 4 is 19.8 Å². The Morgan fingerprint density at radius 3 is 0.901 bits per heavy atom. The quantitative estimate of drug-likeness (QED) is 0.0256. The maximum atomic E-state index is 12.7. The summed E-state index contributed by atoms with van der Waals surface area (Å²) >= 11 is 0. The number of phosphoric acid groups is 1. The molecule has 2 atom stereocenters. The van der Waals surface area contributed by atoms with Crippen molar-refractivity contribution in [2.45, 2.75) is 335 Å². The fourth-order valence-corrected chi connectivity index (χ4v) is 10.3. The zero-order valence-corrected chi connectivity index (χ0v) is 49.1. The fourth-order valence-electron chi connectivity index (χ4n) is 9.54. The second-order valence-corrected chi connectivity index (χ2v) is 24.2. The van der Waals surface area contributed by atoms with Gasteiger partial charge in [0.05, 0.1) is 27.7 Å². The van der Waals surface area contributed by atoms with Gasteiger partial charge in [-0.25, -0.2) is 0 Å². The van der Waals surface area contributed by atoms with Crippen molar-refractivity contribution in [2.24, 2.45) is 0 Å². The number of nitrogens with zero attached hydrogens (tertiary/aromatic N) is 1. The molecule has 424 valence electrons. The summed E-state index contributed by atoms with van der Waals surface area (Å²) in [6, 6.07) is 0. The maximum Gasteiger partial charge on any atom is 0.306 e. The summed E-state index contributed by atoms with van der Waals surface area (Å²) in [5.41, 5.74) is 0. The molecule has 0 aliphatic heterocycles. The van der Waals surface area contributed by atoms with Gasteiger partial charge in [-0.1, -0.05) is 303 Å². The van der Waals surface area contributed by atoms with E-state index in [4.69, 9.17) is 18.5 Å². The average Bonchev–Trinajstić information content (AvgIpc) is 3.33. The van der Waals surface area contributed by atoms with Crippen molar-refractivity contribution in [1.82, 2.24) is 0 Å². The van der Waals surface area contributed by atoms with Gasteiger partial charge in [-0.15, -0.1) is 0 Å². The smallest absolute Gasteiger partial charge is 0.306 e. The molecule has 0 aliphatic carbocycles. The Labute approximate surface area is 442 Å². The number of esters is 2. The molecule has 0 radical (unpaired) electrons. The molecule has 0 spiro atoms. The molecule has 71 heavy (non-hydrogen) atoms. The van der Waals surface area contributed by atoms with Crippen LogP contribution in [0.2, 0.25) is 0 Å². The Bertz CT molecular complexity index is 1160. The van der Waals surface area contributed by atoms with E-state index in [1.54, 1.807) is 0 Å². The molecule has 0 aromatic heterocycles. The van der Waals surface area contributed by atoms with Crippen LogP contribution in [-0.4, -0.2) is 70.0 Å². The molecule has 0 aliphatic rings. The second kappa shape index (κ2) is 53.8. The SMILES string of the molecule is CCCCCCCCCCCCCCCCCCCCCCCCCCCCCCCCCCCCCCCCC(=O)OC(COC(=O)CCCCCCCCCCC)COP(=O)([O-])OCC[N+](C)(C)C. The van der Waals surface area contributed by atoms with Crippen LogP contribution in [0.15, 0.2) is 0 Å². The van der Waals surface area contributed by atoms with Crippen molar-refractivity contribution in [3.8, 4) is 0 Å². The molecular weight excluding hydrogens is 906 g/mol. The zero-order chi connectivity index (χ0) is 52.0. The molecule has 0 saturated carbocycles. The molecule has 10 heteroatoms. The van der Waals surface area contributed by atoms with E-state index in [1.165, 1.54) is 263 Å². The van der Waals surface area contributed by atoms with Gasteiger partial charge in [0.25, 0.3) is 7.82 Å². The Morgan fingerprint density at radius 1 is 0.380 bits per heavy atom. The van der Waals surface area contributed by atoms with E-state index in [-0.39, 0.29) is 32.0 Å².